The van der Waals surface area contributed by atoms with Gasteiger partial charge in [0, 0.05) is 13.0 Å². The standard InChI is InChI=1S/C13H16N2O3/c16-8-11-13-10(9-17-11)14-12(18-13)4-7-15-5-2-1-3-6-15/h8-9H,1-7H2. The molecule has 1 fully saturated rings. The molecule has 0 aromatic carbocycles. The summed E-state index contributed by atoms with van der Waals surface area (Å²) < 4.78 is 10.6. The molecule has 0 N–H and O–H groups in total. The summed E-state index contributed by atoms with van der Waals surface area (Å²) >= 11 is 0. The van der Waals surface area contributed by atoms with Gasteiger partial charge in [0.15, 0.2) is 12.2 Å². The summed E-state index contributed by atoms with van der Waals surface area (Å²) in [5.41, 5.74) is 1.10. The average Bonchev–Trinajstić information content (AvgIpc) is 2.97. The lowest BCUT2D eigenvalue weighted by molar-refractivity contribution is 0.110. The number of fused-ring (bicyclic) bond motifs is 1. The van der Waals surface area contributed by atoms with Gasteiger partial charge in [-0.1, -0.05) is 6.42 Å². The van der Waals surface area contributed by atoms with E-state index in [0.717, 1.165) is 13.0 Å². The van der Waals surface area contributed by atoms with Gasteiger partial charge in [-0.15, -0.1) is 0 Å². The minimum absolute atomic E-state index is 0.224. The fraction of sp³-hybridized carbons (Fsp3) is 0.538. The second-order valence-corrected chi connectivity index (χ2v) is 4.69. The maximum atomic E-state index is 10.7. The second kappa shape index (κ2) is 4.94. The van der Waals surface area contributed by atoms with E-state index in [-0.39, 0.29) is 5.76 Å². The van der Waals surface area contributed by atoms with Crippen molar-refractivity contribution >= 4 is 17.4 Å². The van der Waals surface area contributed by atoms with Gasteiger partial charge in [-0.25, -0.2) is 4.98 Å². The SMILES string of the molecule is O=Cc1occ2nc(CCN3CCCCC3)oc12. The number of furan rings is 1. The van der Waals surface area contributed by atoms with Crippen LogP contribution in [-0.2, 0) is 6.42 Å². The van der Waals surface area contributed by atoms with Crippen molar-refractivity contribution in [1.82, 2.24) is 9.88 Å². The summed E-state index contributed by atoms with van der Waals surface area (Å²) in [6.45, 7) is 3.30. The summed E-state index contributed by atoms with van der Waals surface area (Å²) in [6, 6.07) is 0. The van der Waals surface area contributed by atoms with Gasteiger partial charge in [0.05, 0.1) is 0 Å². The van der Waals surface area contributed by atoms with E-state index >= 15 is 0 Å². The summed E-state index contributed by atoms with van der Waals surface area (Å²) in [6.07, 6.45) is 6.81. The molecule has 1 aliphatic heterocycles. The highest BCUT2D eigenvalue weighted by Crippen LogP contribution is 2.21. The maximum Gasteiger partial charge on any atom is 0.211 e. The van der Waals surface area contributed by atoms with Gasteiger partial charge in [0.2, 0.25) is 11.3 Å². The first-order valence-electron chi connectivity index (χ1n) is 6.41. The molecule has 3 rings (SSSR count). The Morgan fingerprint density at radius 3 is 2.94 bits per heavy atom. The lowest BCUT2D eigenvalue weighted by Gasteiger charge is -2.25. The Hall–Kier alpha value is -1.62. The van der Waals surface area contributed by atoms with Crippen molar-refractivity contribution in [3.05, 3.63) is 17.9 Å². The number of likely N-dealkylation sites (tertiary alicyclic amines) is 1. The van der Waals surface area contributed by atoms with E-state index in [0.29, 0.717) is 23.3 Å². The predicted octanol–water partition coefficient (Wildman–Crippen LogP) is 2.26. The van der Waals surface area contributed by atoms with Crippen molar-refractivity contribution in [2.45, 2.75) is 25.7 Å². The summed E-state index contributed by atoms with van der Waals surface area (Å²) in [4.78, 5) is 17.5. The van der Waals surface area contributed by atoms with E-state index in [1.807, 2.05) is 0 Å². The third-order valence-electron chi connectivity index (χ3n) is 3.42. The zero-order valence-corrected chi connectivity index (χ0v) is 10.2. The third kappa shape index (κ3) is 2.18. The van der Waals surface area contributed by atoms with E-state index in [9.17, 15) is 4.79 Å². The Morgan fingerprint density at radius 1 is 1.33 bits per heavy atom. The van der Waals surface area contributed by atoms with Crippen molar-refractivity contribution in [2.75, 3.05) is 19.6 Å². The first-order chi connectivity index (χ1) is 8.86. The second-order valence-electron chi connectivity index (χ2n) is 4.69. The van der Waals surface area contributed by atoms with Gasteiger partial charge >= 0.3 is 0 Å². The molecule has 0 aliphatic carbocycles. The molecule has 5 heteroatoms. The average molecular weight is 248 g/mol. The highest BCUT2D eigenvalue weighted by Gasteiger charge is 2.15. The van der Waals surface area contributed by atoms with Crippen LogP contribution in [0.15, 0.2) is 15.1 Å². The Labute approximate surface area is 105 Å². The van der Waals surface area contributed by atoms with Crippen molar-refractivity contribution in [3.63, 3.8) is 0 Å². The lowest BCUT2D eigenvalue weighted by Crippen LogP contribution is -2.31. The molecule has 0 bridgehead atoms. The van der Waals surface area contributed by atoms with E-state index in [4.69, 9.17) is 8.83 Å². The minimum Gasteiger partial charge on any atom is -0.455 e. The van der Waals surface area contributed by atoms with Crippen molar-refractivity contribution in [3.8, 4) is 0 Å². The number of aldehydes is 1. The highest BCUT2D eigenvalue weighted by atomic mass is 16.4. The molecule has 3 heterocycles. The first-order valence-corrected chi connectivity index (χ1v) is 6.41. The molecule has 2 aromatic rings. The Bertz CT molecular complexity index is 537. The minimum atomic E-state index is 0.224. The molecule has 0 saturated carbocycles. The number of nitrogens with zero attached hydrogens (tertiary/aromatic N) is 2. The molecule has 96 valence electrons. The molecule has 5 nitrogen and oxygen atoms in total. The fourth-order valence-corrected chi connectivity index (χ4v) is 2.43. The van der Waals surface area contributed by atoms with Crippen LogP contribution in [0, 0.1) is 0 Å². The van der Waals surface area contributed by atoms with E-state index < -0.39 is 0 Å². The third-order valence-corrected chi connectivity index (χ3v) is 3.42. The van der Waals surface area contributed by atoms with Crippen LogP contribution in [0.5, 0.6) is 0 Å². The van der Waals surface area contributed by atoms with Crippen molar-refractivity contribution in [1.29, 1.82) is 0 Å². The van der Waals surface area contributed by atoms with E-state index in [2.05, 4.69) is 9.88 Å². The Balaban J connectivity index is 1.67. The molecule has 18 heavy (non-hydrogen) atoms. The topological polar surface area (TPSA) is 59.5 Å². The van der Waals surface area contributed by atoms with Crippen LogP contribution in [0.2, 0.25) is 0 Å². The monoisotopic (exact) mass is 248 g/mol. The molecule has 1 saturated heterocycles. The number of carbonyl (C=O) groups excluding carboxylic acids is 1. The summed E-state index contributed by atoms with van der Waals surface area (Å²) in [5.74, 6) is 0.909. The van der Waals surface area contributed by atoms with Crippen molar-refractivity contribution < 1.29 is 13.6 Å². The van der Waals surface area contributed by atoms with Crippen LogP contribution >= 0.6 is 0 Å². The summed E-state index contributed by atoms with van der Waals surface area (Å²) in [7, 11) is 0. The lowest BCUT2D eigenvalue weighted by atomic mass is 10.1. The number of oxazole rings is 1. The van der Waals surface area contributed by atoms with Gasteiger partial charge in [0.1, 0.15) is 11.8 Å². The number of piperidine rings is 1. The van der Waals surface area contributed by atoms with Crippen LogP contribution in [0.1, 0.15) is 35.7 Å². The number of hydrogen-bond donors (Lipinski definition) is 0. The number of hydrogen-bond acceptors (Lipinski definition) is 5. The number of aromatic nitrogens is 1. The normalized spacial score (nSPS) is 17.3. The molecule has 0 amide bonds. The largest absolute Gasteiger partial charge is 0.455 e. The quantitative estimate of drug-likeness (QED) is 0.777. The van der Waals surface area contributed by atoms with Gasteiger partial charge in [-0.3, -0.25) is 4.79 Å². The molecule has 0 atom stereocenters. The van der Waals surface area contributed by atoms with E-state index in [1.54, 1.807) is 0 Å². The van der Waals surface area contributed by atoms with Crippen LogP contribution in [-0.4, -0.2) is 35.8 Å². The zero-order valence-electron chi connectivity index (χ0n) is 10.2. The molecule has 0 spiro atoms. The molecular weight excluding hydrogens is 232 g/mol. The Morgan fingerprint density at radius 2 is 2.17 bits per heavy atom. The zero-order chi connectivity index (χ0) is 12.4. The predicted molar refractivity (Wildman–Crippen MR) is 65.7 cm³/mol. The van der Waals surface area contributed by atoms with E-state index in [1.165, 1.54) is 38.6 Å². The molecular formula is C13H16N2O3. The smallest absolute Gasteiger partial charge is 0.211 e. The van der Waals surface area contributed by atoms with Gasteiger partial charge < -0.3 is 13.7 Å². The molecule has 1 aliphatic rings. The Kier molecular flexibility index (Phi) is 3.15. The maximum absolute atomic E-state index is 10.7. The first kappa shape index (κ1) is 11.5. The molecule has 0 radical (unpaired) electrons. The van der Waals surface area contributed by atoms with Crippen LogP contribution in [0.25, 0.3) is 11.1 Å². The van der Waals surface area contributed by atoms with Gasteiger partial charge in [-0.2, -0.15) is 0 Å². The highest BCUT2D eigenvalue weighted by molar-refractivity contribution is 5.89. The fourth-order valence-electron chi connectivity index (χ4n) is 2.43. The number of rotatable bonds is 4. The van der Waals surface area contributed by atoms with Crippen LogP contribution < -0.4 is 0 Å². The van der Waals surface area contributed by atoms with Crippen molar-refractivity contribution in [2.24, 2.45) is 0 Å². The van der Waals surface area contributed by atoms with Crippen LogP contribution in [0.4, 0.5) is 0 Å². The van der Waals surface area contributed by atoms with Gasteiger partial charge in [0.25, 0.3) is 0 Å². The number of carbonyl (C=O) groups is 1. The van der Waals surface area contributed by atoms with Crippen LogP contribution in [0.3, 0.4) is 0 Å². The molecule has 0 unspecified atom stereocenters. The summed E-state index contributed by atoms with van der Waals surface area (Å²) in [5, 5.41) is 0. The van der Waals surface area contributed by atoms with Gasteiger partial charge in [-0.05, 0) is 25.9 Å². The molecule has 2 aromatic heterocycles.